The van der Waals surface area contributed by atoms with Gasteiger partial charge in [-0.05, 0) is 31.7 Å². The molecule has 2 saturated carbocycles. The Morgan fingerprint density at radius 1 is 1.31 bits per heavy atom. The summed E-state index contributed by atoms with van der Waals surface area (Å²) in [5.74, 6) is 0.965. The molecule has 0 unspecified atom stereocenters. The van der Waals surface area contributed by atoms with Crippen LogP contribution < -0.4 is 10.6 Å². The highest BCUT2D eigenvalue weighted by molar-refractivity contribution is 6.32. The van der Waals surface area contributed by atoms with Crippen molar-refractivity contribution < 1.29 is 4.79 Å². The average molecular weight is 375 g/mol. The zero-order chi connectivity index (χ0) is 18.1. The number of hydrogen-bond acceptors (Lipinski definition) is 5. The van der Waals surface area contributed by atoms with Crippen LogP contribution in [0.1, 0.15) is 56.6 Å². The van der Waals surface area contributed by atoms with Crippen LogP contribution in [0.15, 0.2) is 12.3 Å². The molecule has 1 amide bonds. The smallest absolute Gasteiger partial charge is 0.245 e. The summed E-state index contributed by atoms with van der Waals surface area (Å²) in [6.45, 7) is 0. The summed E-state index contributed by atoms with van der Waals surface area (Å²) < 4.78 is 0. The van der Waals surface area contributed by atoms with Crippen molar-refractivity contribution in [3.05, 3.63) is 23.0 Å². The number of H-pyrrole nitrogens is 1. The maximum absolute atomic E-state index is 12.5. The summed E-state index contributed by atoms with van der Waals surface area (Å²) in [5.41, 5.74) is 1.75. The molecule has 4 rings (SSSR count). The second-order valence-corrected chi connectivity index (χ2v) is 7.63. The van der Waals surface area contributed by atoms with Crippen molar-refractivity contribution in [1.82, 2.24) is 25.5 Å². The molecule has 0 aromatic carbocycles. The third-order valence-corrected chi connectivity index (χ3v) is 5.60. The number of carbonyl (C=O) groups excluding carboxylic acids is 1. The lowest BCUT2D eigenvalue weighted by Gasteiger charge is -2.36. The Morgan fingerprint density at radius 3 is 2.77 bits per heavy atom. The van der Waals surface area contributed by atoms with Crippen molar-refractivity contribution >= 4 is 23.5 Å². The number of carbonyl (C=O) groups is 1. The Hall–Kier alpha value is -2.15. The predicted octanol–water partition coefficient (Wildman–Crippen LogP) is 3.26. The summed E-state index contributed by atoms with van der Waals surface area (Å²) in [5, 5.41) is 13.9. The molecule has 0 spiro atoms. The summed E-state index contributed by atoms with van der Waals surface area (Å²) in [6, 6.07) is 2.00. The van der Waals surface area contributed by atoms with Gasteiger partial charge in [0.15, 0.2) is 0 Å². The molecule has 2 aliphatic rings. The van der Waals surface area contributed by atoms with Gasteiger partial charge in [-0.1, -0.05) is 30.9 Å². The van der Waals surface area contributed by atoms with Crippen LogP contribution in [0.4, 0.5) is 5.95 Å². The SMILES string of the molecule is CNC(=O)C1(Nc2ncc(Cl)c(-c3cc(C4CC4)[nH]n3)n2)CCCCC1. The fourth-order valence-electron chi connectivity index (χ4n) is 3.69. The highest BCUT2D eigenvalue weighted by Gasteiger charge is 2.39. The van der Waals surface area contributed by atoms with E-state index < -0.39 is 5.54 Å². The Kier molecular flexibility index (Phi) is 4.56. The first kappa shape index (κ1) is 17.3. The molecule has 2 aromatic rings. The normalized spacial score (nSPS) is 19.2. The molecular weight excluding hydrogens is 352 g/mol. The second kappa shape index (κ2) is 6.87. The number of amides is 1. The molecule has 3 N–H and O–H groups in total. The van der Waals surface area contributed by atoms with E-state index in [1.54, 1.807) is 13.2 Å². The van der Waals surface area contributed by atoms with E-state index in [4.69, 9.17) is 11.6 Å². The first-order valence-corrected chi connectivity index (χ1v) is 9.58. The fraction of sp³-hybridized carbons (Fsp3) is 0.556. The van der Waals surface area contributed by atoms with E-state index >= 15 is 0 Å². The van der Waals surface area contributed by atoms with Crippen molar-refractivity contribution in [3.8, 4) is 11.4 Å². The second-order valence-electron chi connectivity index (χ2n) is 7.22. The first-order valence-electron chi connectivity index (χ1n) is 9.20. The highest BCUT2D eigenvalue weighted by Crippen LogP contribution is 2.40. The summed E-state index contributed by atoms with van der Waals surface area (Å²) in [4.78, 5) is 21.4. The molecular formula is C18H23ClN6O. The largest absolute Gasteiger partial charge is 0.357 e. The third kappa shape index (κ3) is 3.28. The molecule has 8 heteroatoms. The van der Waals surface area contributed by atoms with E-state index in [2.05, 4.69) is 30.8 Å². The summed E-state index contributed by atoms with van der Waals surface area (Å²) >= 11 is 6.32. The molecule has 26 heavy (non-hydrogen) atoms. The van der Waals surface area contributed by atoms with Crippen LogP contribution >= 0.6 is 11.6 Å². The van der Waals surface area contributed by atoms with Gasteiger partial charge in [-0.2, -0.15) is 5.10 Å². The minimum atomic E-state index is -0.664. The quantitative estimate of drug-likeness (QED) is 0.746. The minimum absolute atomic E-state index is 0.0203. The molecule has 0 bridgehead atoms. The third-order valence-electron chi connectivity index (χ3n) is 5.32. The van der Waals surface area contributed by atoms with E-state index in [0.29, 0.717) is 28.3 Å². The van der Waals surface area contributed by atoms with Crippen LogP contribution in [0, 0.1) is 0 Å². The van der Waals surface area contributed by atoms with Crippen molar-refractivity contribution in [3.63, 3.8) is 0 Å². The molecule has 2 aliphatic carbocycles. The molecule has 7 nitrogen and oxygen atoms in total. The summed E-state index contributed by atoms with van der Waals surface area (Å²) in [7, 11) is 1.66. The van der Waals surface area contributed by atoms with Crippen LogP contribution in [0.25, 0.3) is 11.4 Å². The van der Waals surface area contributed by atoms with E-state index in [0.717, 1.165) is 37.8 Å². The lowest BCUT2D eigenvalue weighted by atomic mass is 9.81. The lowest BCUT2D eigenvalue weighted by molar-refractivity contribution is -0.126. The molecule has 0 atom stereocenters. The number of aromatic nitrogens is 4. The van der Waals surface area contributed by atoms with Crippen LogP contribution in [0.3, 0.4) is 0 Å². The topological polar surface area (TPSA) is 95.6 Å². The Bertz CT molecular complexity index is 810. The molecule has 2 aromatic heterocycles. The monoisotopic (exact) mass is 374 g/mol. The van der Waals surface area contributed by atoms with Gasteiger partial charge in [0.25, 0.3) is 0 Å². The van der Waals surface area contributed by atoms with Gasteiger partial charge in [-0.25, -0.2) is 9.97 Å². The zero-order valence-corrected chi connectivity index (χ0v) is 15.6. The van der Waals surface area contributed by atoms with Crippen LogP contribution in [-0.2, 0) is 4.79 Å². The average Bonchev–Trinajstić information content (AvgIpc) is 3.40. The summed E-state index contributed by atoms with van der Waals surface area (Å²) in [6.07, 6.45) is 8.64. The maximum Gasteiger partial charge on any atom is 0.245 e. The van der Waals surface area contributed by atoms with Gasteiger partial charge >= 0.3 is 0 Å². The number of halogens is 1. The van der Waals surface area contributed by atoms with E-state index in [9.17, 15) is 4.79 Å². The number of aromatic amines is 1. The first-order chi connectivity index (χ1) is 12.6. The lowest BCUT2D eigenvalue weighted by Crippen LogP contribution is -2.53. The van der Waals surface area contributed by atoms with Crippen LogP contribution in [0.5, 0.6) is 0 Å². The van der Waals surface area contributed by atoms with Crippen molar-refractivity contribution in [2.45, 2.75) is 56.4 Å². The van der Waals surface area contributed by atoms with Crippen molar-refractivity contribution in [2.75, 3.05) is 12.4 Å². The number of nitrogens with zero attached hydrogens (tertiary/aromatic N) is 3. The van der Waals surface area contributed by atoms with Crippen molar-refractivity contribution in [1.29, 1.82) is 0 Å². The van der Waals surface area contributed by atoms with Gasteiger partial charge in [0, 0.05) is 18.7 Å². The van der Waals surface area contributed by atoms with Crippen molar-refractivity contribution in [2.24, 2.45) is 0 Å². The Morgan fingerprint density at radius 2 is 2.08 bits per heavy atom. The van der Waals surface area contributed by atoms with Gasteiger partial charge in [0.1, 0.15) is 16.9 Å². The highest BCUT2D eigenvalue weighted by atomic mass is 35.5. The zero-order valence-electron chi connectivity index (χ0n) is 14.8. The molecule has 0 saturated heterocycles. The van der Waals surface area contributed by atoms with Gasteiger partial charge in [0.05, 0.1) is 11.2 Å². The molecule has 0 aliphatic heterocycles. The van der Waals surface area contributed by atoms with E-state index in [1.165, 1.54) is 12.8 Å². The van der Waals surface area contributed by atoms with Crippen LogP contribution in [-0.4, -0.2) is 38.7 Å². The Labute approximate surface area is 157 Å². The molecule has 2 fully saturated rings. The number of anilines is 1. The number of nitrogens with one attached hydrogen (secondary N) is 3. The number of rotatable bonds is 5. The minimum Gasteiger partial charge on any atom is -0.357 e. The van der Waals surface area contributed by atoms with E-state index in [-0.39, 0.29) is 5.91 Å². The molecule has 0 radical (unpaired) electrons. The number of likely N-dealkylation sites (N-methyl/N-ethyl adjacent to an activating group) is 1. The van der Waals surface area contributed by atoms with E-state index in [1.807, 2.05) is 6.07 Å². The fourth-order valence-corrected chi connectivity index (χ4v) is 3.87. The van der Waals surface area contributed by atoms with Gasteiger partial charge in [-0.3, -0.25) is 9.89 Å². The molecule has 2 heterocycles. The van der Waals surface area contributed by atoms with Crippen LogP contribution in [0.2, 0.25) is 5.02 Å². The standard InChI is InChI=1S/C18H23ClN6O/c1-20-16(26)18(7-3-2-4-8-18)23-17-21-10-12(19)15(22-17)14-9-13(24-25-14)11-5-6-11/h9-11H,2-8H2,1H3,(H,20,26)(H,24,25)(H,21,22,23). The molecule has 138 valence electrons. The number of hydrogen-bond donors (Lipinski definition) is 3. The predicted molar refractivity (Wildman–Crippen MR) is 100 cm³/mol. The Balaban J connectivity index is 1.63. The maximum atomic E-state index is 12.5. The van der Waals surface area contributed by atoms with Gasteiger partial charge in [0.2, 0.25) is 11.9 Å². The van der Waals surface area contributed by atoms with Gasteiger partial charge < -0.3 is 10.6 Å². The van der Waals surface area contributed by atoms with Gasteiger partial charge in [-0.15, -0.1) is 0 Å².